The quantitative estimate of drug-likeness (QED) is 0.696. The average molecular weight is 359 g/mol. The van der Waals surface area contributed by atoms with Gasteiger partial charge in [0, 0.05) is 24.1 Å². The monoisotopic (exact) mass is 359 g/mol. The van der Waals surface area contributed by atoms with Gasteiger partial charge in [-0.15, -0.1) is 10.2 Å². The molecule has 25 heavy (non-hydrogen) atoms. The number of benzene rings is 1. The summed E-state index contributed by atoms with van der Waals surface area (Å²) in [5.74, 6) is 1.58. The van der Waals surface area contributed by atoms with Gasteiger partial charge in [0.15, 0.2) is 5.82 Å². The number of rotatable bonds is 7. The third-order valence-corrected chi connectivity index (χ3v) is 4.71. The summed E-state index contributed by atoms with van der Waals surface area (Å²) in [5, 5.41) is 8.06. The maximum Gasteiger partial charge on any atom is 0.238 e. The van der Waals surface area contributed by atoms with Gasteiger partial charge in [-0.2, -0.15) is 0 Å². The van der Waals surface area contributed by atoms with Crippen molar-refractivity contribution in [3.63, 3.8) is 0 Å². The Bertz CT molecular complexity index is 907. The zero-order valence-corrected chi connectivity index (χ0v) is 14.3. The molecule has 0 saturated carbocycles. The van der Waals surface area contributed by atoms with E-state index in [1.54, 1.807) is 59.7 Å². The summed E-state index contributed by atoms with van der Waals surface area (Å²) in [7, 11) is -3.30. The predicted molar refractivity (Wildman–Crippen MR) is 93.4 cm³/mol. The third kappa shape index (κ3) is 4.54. The first-order chi connectivity index (χ1) is 12.1. The number of hydrogen-bond donors (Lipinski definition) is 1. The molecule has 130 valence electrons. The second-order valence-electron chi connectivity index (χ2n) is 5.25. The highest BCUT2D eigenvalue weighted by Gasteiger charge is 2.09. The highest BCUT2D eigenvalue weighted by molar-refractivity contribution is 7.92. The lowest BCUT2D eigenvalue weighted by Gasteiger charge is -2.08. The molecule has 1 aromatic carbocycles. The molecule has 0 amide bonds. The molecule has 0 aliphatic carbocycles. The molecule has 0 fully saturated rings. The van der Waals surface area contributed by atoms with E-state index in [4.69, 9.17) is 4.74 Å². The molecule has 3 rings (SSSR count). The molecule has 0 spiro atoms. The van der Waals surface area contributed by atoms with Crippen LogP contribution >= 0.6 is 0 Å². The molecule has 9 heteroatoms. The molecule has 0 radical (unpaired) electrons. The van der Waals surface area contributed by atoms with Gasteiger partial charge >= 0.3 is 0 Å². The van der Waals surface area contributed by atoms with Crippen molar-refractivity contribution in [3.05, 3.63) is 55.1 Å². The normalized spacial score (nSPS) is 11.2. The van der Waals surface area contributed by atoms with E-state index in [1.807, 2.05) is 6.92 Å². The number of nitrogens with one attached hydrogen (secondary N) is 1. The van der Waals surface area contributed by atoms with Gasteiger partial charge < -0.3 is 4.74 Å². The van der Waals surface area contributed by atoms with Gasteiger partial charge in [-0.25, -0.2) is 13.4 Å². The number of sulfonamides is 1. The minimum atomic E-state index is -3.30. The highest BCUT2D eigenvalue weighted by atomic mass is 32.2. The van der Waals surface area contributed by atoms with Crippen molar-refractivity contribution >= 4 is 15.7 Å². The smallest absolute Gasteiger partial charge is 0.238 e. The van der Waals surface area contributed by atoms with E-state index in [0.717, 1.165) is 0 Å². The lowest BCUT2D eigenvalue weighted by atomic mass is 10.3. The number of imidazole rings is 1. The van der Waals surface area contributed by atoms with Crippen LogP contribution in [0.3, 0.4) is 0 Å². The molecule has 0 saturated heterocycles. The van der Waals surface area contributed by atoms with Crippen molar-refractivity contribution < 1.29 is 13.2 Å². The Hall–Kier alpha value is -2.94. The number of hydrogen-bond acceptors (Lipinski definition) is 6. The van der Waals surface area contributed by atoms with Crippen molar-refractivity contribution in [2.24, 2.45) is 0 Å². The Kier molecular flexibility index (Phi) is 4.94. The molecule has 8 nitrogen and oxygen atoms in total. The van der Waals surface area contributed by atoms with E-state index in [1.165, 1.54) is 0 Å². The molecule has 2 aromatic heterocycles. The van der Waals surface area contributed by atoms with E-state index in [2.05, 4.69) is 19.9 Å². The number of aromatic nitrogens is 4. The van der Waals surface area contributed by atoms with Gasteiger partial charge in [0.05, 0.1) is 5.75 Å². The number of nitrogens with zero attached hydrogens (tertiary/aromatic N) is 4. The predicted octanol–water partition coefficient (Wildman–Crippen LogP) is 2.61. The van der Waals surface area contributed by atoms with Gasteiger partial charge in [0.25, 0.3) is 0 Å². The van der Waals surface area contributed by atoms with E-state index in [-0.39, 0.29) is 5.75 Å². The summed E-state index contributed by atoms with van der Waals surface area (Å²) in [5.41, 5.74) is 0.488. The molecule has 0 aliphatic heterocycles. The Morgan fingerprint density at radius 3 is 2.52 bits per heavy atom. The van der Waals surface area contributed by atoms with E-state index in [9.17, 15) is 8.42 Å². The van der Waals surface area contributed by atoms with Crippen LogP contribution in [0.25, 0.3) is 5.82 Å². The summed E-state index contributed by atoms with van der Waals surface area (Å²) >= 11 is 0. The lowest BCUT2D eigenvalue weighted by Crippen LogP contribution is -2.15. The minimum Gasteiger partial charge on any atom is -0.438 e. The largest absolute Gasteiger partial charge is 0.438 e. The van der Waals surface area contributed by atoms with Crippen LogP contribution in [0.15, 0.2) is 55.1 Å². The SMILES string of the molecule is CCCS(=O)(=O)Nc1ccc(Oc2ccc(-n3ccnc3)nn2)cc1. The van der Waals surface area contributed by atoms with Crippen LogP contribution in [0.1, 0.15) is 13.3 Å². The summed E-state index contributed by atoms with van der Waals surface area (Å²) < 4.78 is 33.3. The summed E-state index contributed by atoms with van der Waals surface area (Å²) in [4.78, 5) is 3.95. The summed E-state index contributed by atoms with van der Waals surface area (Å²) in [6.07, 6.45) is 5.61. The Labute approximate surface area is 145 Å². The van der Waals surface area contributed by atoms with Gasteiger partial charge in [-0.1, -0.05) is 6.92 Å². The Balaban J connectivity index is 1.65. The number of anilines is 1. The zero-order chi connectivity index (χ0) is 17.7. The van der Waals surface area contributed by atoms with Gasteiger partial charge in [-0.05, 0) is 36.8 Å². The fraction of sp³-hybridized carbons (Fsp3) is 0.188. The van der Waals surface area contributed by atoms with Crippen molar-refractivity contribution in [2.75, 3.05) is 10.5 Å². The average Bonchev–Trinajstić information content (AvgIpc) is 3.11. The molecule has 1 N–H and O–H groups in total. The van der Waals surface area contributed by atoms with E-state index >= 15 is 0 Å². The molecule has 0 bridgehead atoms. The Morgan fingerprint density at radius 1 is 1.12 bits per heavy atom. The van der Waals surface area contributed by atoms with Crippen LogP contribution in [-0.4, -0.2) is 33.9 Å². The van der Waals surface area contributed by atoms with Crippen molar-refractivity contribution in [3.8, 4) is 17.4 Å². The molecule has 2 heterocycles. The first-order valence-electron chi connectivity index (χ1n) is 7.66. The fourth-order valence-electron chi connectivity index (χ4n) is 2.11. The minimum absolute atomic E-state index is 0.0874. The van der Waals surface area contributed by atoms with Gasteiger partial charge in [0.1, 0.15) is 12.1 Å². The maximum absolute atomic E-state index is 11.7. The third-order valence-electron chi connectivity index (χ3n) is 3.22. The van der Waals surface area contributed by atoms with Crippen molar-refractivity contribution in [2.45, 2.75) is 13.3 Å². The van der Waals surface area contributed by atoms with Crippen molar-refractivity contribution in [1.29, 1.82) is 0 Å². The molecule has 0 unspecified atom stereocenters. The molecule has 0 aliphatic rings. The topological polar surface area (TPSA) is 99.0 Å². The van der Waals surface area contributed by atoms with Gasteiger partial charge in [0.2, 0.25) is 15.9 Å². The fourth-order valence-corrected chi connectivity index (χ4v) is 3.25. The summed E-state index contributed by atoms with van der Waals surface area (Å²) in [6, 6.07) is 10.0. The molecular formula is C16H17N5O3S. The molecule has 3 aromatic rings. The Morgan fingerprint density at radius 2 is 1.92 bits per heavy atom. The van der Waals surface area contributed by atoms with Crippen LogP contribution in [0, 0.1) is 0 Å². The first-order valence-corrected chi connectivity index (χ1v) is 9.31. The standard InChI is InChI=1S/C16H17N5O3S/c1-2-11-25(22,23)20-13-3-5-14(6-4-13)24-16-8-7-15(18-19-16)21-10-9-17-12-21/h3-10,12,20H,2,11H2,1H3. The van der Waals surface area contributed by atoms with Crippen LogP contribution in [0.4, 0.5) is 5.69 Å². The van der Waals surface area contributed by atoms with Gasteiger partial charge in [-0.3, -0.25) is 9.29 Å². The van der Waals surface area contributed by atoms with Crippen molar-refractivity contribution in [1.82, 2.24) is 19.7 Å². The molecule has 0 atom stereocenters. The highest BCUT2D eigenvalue weighted by Crippen LogP contribution is 2.22. The first kappa shape index (κ1) is 16.9. The van der Waals surface area contributed by atoms with E-state index in [0.29, 0.717) is 29.6 Å². The van der Waals surface area contributed by atoms with Crippen LogP contribution < -0.4 is 9.46 Å². The zero-order valence-electron chi connectivity index (χ0n) is 13.5. The second-order valence-corrected chi connectivity index (χ2v) is 7.09. The lowest BCUT2D eigenvalue weighted by molar-refractivity contribution is 0.454. The van der Waals surface area contributed by atoms with Crippen LogP contribution in [0.2, 0.25) is 0 Å². The van der Waals surface area contributed by atoms with E-state index < -0.39 is 10.0 Å². The van der Waals surface area contributed by atoms with Crippen LogP contribution in [-0.2, 0) is 10.0 Å². The second kappa shape index (κ2) is 7.31. The number of ether oxygens (including phenoxy) is 1. The maximum atomic E-state index is 11.7. The molecular weight excluding hydrogens is 342 g/mol. The van der Waals surface area contributed by atoms with Crippen LogP contribution in [0.5, 0.6) is 11.6 Å². The summed E-state index contributed by atoms with van der Waals surface area (Å²) in [6.45, 7) is 1.81.